The molecule has 27 heavy (non-hydrogen) atoms. The van der Waals surface area contributed by atoms with Crippen LogP contribution in [-0.4, -0.2) is 9.97 Å². The van der Waals surface area contributed by atoms with Crippen molar-refractivity contribution in [3.63, 3.8) is 0 Å². The first kappa shape index (κ1) is 22.9. The predicted octanol–water partition coefficient (Wildman–Crippen LogP) is 8.29. The van der Waals surface area contributed by atoms with E-state index in [1.807, 2.05) is 0 Å². The number of nitrogens with zero attached hydrogens (tertiary/aromatic N) is 2. The van der Waals surface area contributed by atoms with Crippen molar-refractivity contribution in [3.8, 4) is 11.1 Å². The molecule has 0 aliphatic carbocycles. The van der Waals surface area contributed by atoms with E-state index in [1.165, 1.54) is 18.3 Å². The zero-order valence-electron chi connectivity index (χ0n) is 13.0. The summed E-state index contributed by atoms with van der Waals surface area (Å²) < 4.78 is 40.0. The van der Waals surface area contributed by atoms with Gasteiger partial charge in [0.15, 0.2) is 0 Å². The van der Waals surface area contributed by atoms with Gasteiger partial charge in [0.05, 0.1) is 5.56 Å². The van der Waals surface area contributed by atoms with Crippen LogP contribution in [0.25, 0.3) is 11.1 Å². The second-order valence-electron chi connectivity index (χ2n) is 4.98. The molecule has 0 unspecified atom stereocenters. The largest absolute Gasteiger partial charge is 0.416 e. The Morgan fingerprint density at radius 3 is 1.85 bits per heavy atom. The van der Waals surface area contributed by atoms with E-state index in [4.69, 9.17) is 23.2 Å². The molecule has 0 fully saturated rings. The summed E-state index contributed by atoms with van der Waals surface area (Å²) in [6.07, 6.45) is -1.13. The molecule has 10 heteroatoms. The third-order valence-electron chi connectivity index (χ3n) is 3.12. The van der Waals surface area contributed by atoms with Crippen LogP contribution in [-0.2, 0) is 6.18 Å². The van der Waals surface area contributed by atoms with E-state index in [-0.39, 0.29) is 5.15 Å². The van der Waals surface area contributed by atoms with Gasteiger partial charge in [-0.25, -0.2) is 9.97 Å². The number of hydrogen-bond donors (Lipinski definition) is 0. The van der Waals surface area contributed by atoms with E-state index < -0.39 is 11.7 Å². The van der Waals surface area contributed by atoms with Gasteiger partial charge in [0.1, 0.15) is 10.3 Å². The highest BCUT2D eigenvalue weighted by molar-refractivity contribution is 14.1. The second-order valence-corrected chi connectivity index (χ2v) is 8.63. The van der Waals surface area contributed by atoms with Crippen LogP contribution < -0.4 is 0 Å². The van der Waals surface area contributed by atoms with Gasteiger partial charge in [-0.05, 0) is 84.3 Å². The third kappa shape index (κ3) is 6.85. The van der Waals surface area contributed by atoms with Crippen LogP contribution in [0.4, 0.5) is 13.2 Å². The number of halogens is 8. The van der Waals surface area contributed by atoms with Gasteiger partial charge in [-0.1, -0.05) is 35.3 Å². The van der Waals surface area contributed by atoms with Gasteiger partial charge in [-0.3, -0.25) is 0 Å². The second kappa shape index (κ2) is 9.87. The van der Waals surface area contributed by atoms with Crippen LogP contribution in [0.2, 0.25) is 10.3 Å². The van der Waals surface area contributed by atoms with Crippen molar-refractivity contribution in [2.45, 2.75) is 6.18 Å². The van der Waals surface area contributed by atoms with Gasteiger partial charge in [-0.15, -0.1) is 0 Å². The van der Waals surface area contributed by atoms with Crippen molar-refractivity contribution in [2.75, 3.05) is 0 Å². The molecule has 0 aliphatic rings. The molecule has 0 atom stereocenters. The summed E-state index contributed by atoms with van der Waals surface area (Å²) in [5.74, 6) is 0. The van der Waals surface area contributed by atoms with E-state index in [2.05, 4.69) is 64.4 Å². The number of rotatable bonds is 1. The SMILES string of the molecule is Clc1cc(I)c(Br)cn1.FC(F)(F)c1ccc(-c2cc(Cl)ncc2Br)cc1. The standard InChI is InChI=1S/C12H6BrClF3N.C5H2BrClIN/c13-10-6-18-11(14)5-9(10)7-1-3-8(4-2-7)12(15,16)17;6-3-2-9-5(7)1-4(3)8/h1-6H;1-2H. The van der Waals surface area contributed by atoms with Crippen LogP contribution in [0.3, 0.4) is 0 Å². The molecule has 1 aromatic carbocycles. The Kier molecular flexibility index (Phi) is 8.35. The minimum Gasteiger partial charge on any atom is -0.243 e. The van der Waals surface area contributed by atoms with E-state index in [0.717, 1.165) is 20.2 Å². The van der Waals surface area contributed by atoms with Gasteiger partial charge in [0.25, 0.3) is 0 Å². The smallest absolute Gasteiger partial charge is 0.243 e. The van der Waals surface area contributed by atoms with Gasteiger partial charge < -0.3 is 0 Å². The molecule has 2 nitrogen and oxygen atoms in total. The minimum absolute atomic E-state index is 0.285. The van der Waals surface area contributed by atoms with Gasteiger partial charge >= 0.3 is 6.18 Å². The average molecular weight is 655 g/mol. The van der Waals surface area contributed by atoms with Crippen LogP contribution in [0.15, 0.2) is 57.7 Å². The fourth-order valence-corrected chi connectivity index (χ4v) is 3.46. The maximum atomic E-state index is 12.4. The fourth-order valence-electron chi connectivity index (χ4n) is 1.86. The first-order chi connectivity index (χ1) is 12.6. The highest BCUT2D eigenvalue weighted by Crippen LogP contribution is 2.33. The summed E-state index contributed by atoms with van der Waals surface area (Å²) in [5.41, 5.74) is 0.658. The molecule has 2 heterocycles. The third-order valence-corrected chi connectivity index (χ3v) is 6.43. The fraction of sp³-hybridized carbons (Fsp3) is 0.0588. The Morgan fingerprint density at radius 1 is 0.852 bits per heavy atom. The van der Waals surface area contributed by atoms with Crippen molar-refractivity contribution in [3.05, 3.63) is 77.2 Å². The maximum absolute atomic E-state index is 12.4. The molecule has 0 saturated heterocycles. The average Bonchev–Trinajstić information content (AvgIpc) is 2.60. The number of hydrogen-bond acceptors (Lipinski definition) is 2. The van der Waals surface area contributed by atoms with Crippen molar-refractivity contribution in [2.24, 2.45) is 0 Å². The lowest BCUT2D eigenvalue weighted by Gasteiger charge is -2.09. The molecule has 2 aromatic heterocycles. The summed E-state index contributed by atoms with van der Waals surface area (Å²) in [6, 6.07) is 8.27. The van der Waals surface area contributed by atoms with Crippen molar-refractivity contribution in [1.29, 1.82) is 0 Å². The summed E-state index contributed by atoms with van der Waals surface area (Å²) in [4.78, 5) is 7.71. The molecule has 0 radical (unpaired) electrons. The normalized spacial score (nSPS) is 11.0. The number of aromatic nitrogens is 2. The minimum atomic E-state index is -4.33. The number of alkyl halides is 3. The molecule has 3 aromatic rings. The Morgan fingerprint density at radius 2 is 1.37 bits per heavy atom. The summed E-state index contributed by atoms with van der Waals surface area (Å²) >= 11 is 20.1. The van der Waals surface area contributed by atoms with Crippen molar-refractivity contribution < 1.29 is 13.2 Å². The van der Waals surface area contributed by atoms with E-state index >= 15 is 0 Å². The Balaban J connectivity index is 0.000000244. The molecule has 3 rings (SSSR count). The highest BCUT2D eigenvalue weighted by atomic mass is 127. The molecule has 0 saturated carbocycles. The number of benzene rings is 1. The Hall–Kier alpha value is -0.420. The molecular formula is C17H8Br2Cl2F3IN2. The maximum Gasteiger partial charge on any atom is 0.416 e. The summed E-state index contributed by atoms with van der Waals surface area (Å²) in [6.45, 7) is 0. The zero-order chi connectivity index (χ0) is 20.2. The first-order valence-electron chi connectivity index (χ1n) is 7.03. The van der Waals surface area contributed by atoms with E-state index in [9.17, 15) is 13.2 Å². The van der Waals surface area contributed by atoms with Crippen molar-refractivity contribution in [1.82, 2.24) is 9.97 Å². The van der Waals surface area contributed by atoms with E-state index in [1.54, 1.807) is 18.3 Å². The molecule has 142 valence electrons. The van der Waals surface area contributed by atoms with Crippen LogP contribution in [0, 0.1) is 3.57 Å². The van der Waals surface area contributed by atoms with Crippen molar-refractivity contribution >= 4 is 77.7 Å². The Labute approximate surface area is 193 Å². The van der Waals surface area contributed by atoms with Crippen LogP contribution >= 0.6 is 77.7 Å². The van der Waals surface area contributed by atoms with Crippen LogP contribution in [0.1, 0.15) is 5.56 Å². The number of pyridine rings is 2. The summed E-state index contributed by atoms with van der Waals surface area (Å²) in [7, 11) is 0. The van der Waals surface area contributed by atoms with Gasteiger partial charge in [0, 0.05) is 30.5 Å². The molecular weight excluding hydrogens is 647 g/mol. The highest BCUT2D eigenvalue weighted by Gasteiger charge is 2.30. The molecule has 0 bridgehead atoms. The predicted molar refractivity (Wildman–Crippen MR) is 117 cm³/mol. The molecule has 0 amide bonds. The molecule has 0 spiro atoms. The zero-order valence-corrected chi connectivity index (χ0v) is 19.9. The first-order valence-corrected chi connectivity index (χ1v) is 10.4. The summed E-state index contributed by atoms with van der Waals surface area (Å²) in [5, 5.41) is 0.815. The monoisotopic (exact) mass is 652 g/mol. The molecule has 0 N–H and O–H groups in total. The lowest BCUT2D eigenvalue weighted by molar-refractivity contribution is -0.137. The van der Waals surface area contributed by atoms with Crippen LogP contribution in [0.5, 0.6) is 0 Å². The lowest BCUT2D eigenvalue weighted by Crippen LogP contribution is -2.04. The van der Waals surface area contributed by atoms with Gasteiger partial charge in [-0.2, -0.15) is 13.2 Å². The van der Waals surface area contributed by atoms with E-state index in [0.29, 0.717) is 20.8 Å². The quantitative estimate of drug-likeness (QED) is 0.195. The molecule has 0 aliphatic heterocycles. The van der Waals surface area contributed by atoms with Gasteiger partial charge in [0.2, 0.25) is 0 Å². The lowest BCUT2D eigenvalue weighted by atomic mass is 10.1. The topological polar surface area (TPSA) is 25.8 Å². The Bertz CT molecular complexity index is 938.